The molecule has 64 valence electrons. The van der Waals surface area contributed by atoms with Gasteiger partial charge in [-0.2, -0.15) is 0 Å². The van der Waals surface area contributed by atoms with E-state index in [1.807, 2.05) is 0 Å². The van der Waals surface area contributed by atoms with Crippen molar-refractivity contribution in [3.8, 4) is 11.5 Å². The summed E-state index contributed by atoms with van der Waals surface area (Å²) in [6.45, 7) is -1.18. The monoisotopic (exact) mass is 174 g/mol. The number of hydrogen-bond donors (Lipinski definition) is 1. The largest absolute Gasteiger partial charge is 0.504 e. The third kappa shape index (κ3) is 1.78. The van der Waals surface area contributed by atoms with Crippen LogP contribution < -0.4 is 4.74 Å². The van der Waals surface area contributed by atoms with Crippen LogP contribution in [-0.2, 0) is 6.37 Å². The van der Waals surface area contributed by atoms with Crippen LogP contribution in [0.1, 0.15) is 19.3 Å². The van der Waals surface area contributed by atoms with E-state index in [1.165, 1.54) is 0 Å². The van der Waals surface area contributed by atoms with Gasteiger partial charge in [0.05, 0.1) is 18.0 Å². The van der Waals surface area contributed by atoms with Crippen LogP contribution in [0.4, 0.5) is 0 Å². The van der Waals surface area contributed by atoms with Gasteiger partial charge < -0.3 is 9.84 Å². The first kappa shape index (κ1) is 2.28. The Morgan fingerprint density at radius 3 is 3.75 bits per heavy atom. The number of allylic oxidation sites excluding steroid dienone is 1. The molecular formula is C10H12O2. The Balaban J connectivity index is 3.76. The van der Waals surface area contributed by atoms with Crippen molar-refractivity contribution in [2.24, 2.45) is 0 Å². The molecule has 0 aromatic heterocycles. The molecule has 0 bridgehead atoms. The fraction of sp³-hybridized carbons (Fsp3) is 0.200. The smallest absolute Gasteiger partial charge is 0.160 e. The molecule has 0 heterocycles. The van der Waals surface area contributed by atoms with Gasteiger partial charge in [0, 0.05) is 2.74 Å². The fourth-order valence-corrected chi connectivity index (χ4v) is 0.593. The number of ether oxygens (including phenoxy) is 1. The fourth-order valence-electron chi connectivity index (χ4n) is 0.593. The molecule has 0 radical (unpaired) electrons. The predicted molar refractivity (Wildman–Crippen MR) is 48.6 cm³/mol. The van der Waals surface area contributed by atoms with Gasteiger partial charge in [-0.05, 0) is 24.0 Å². The number of phenols is 1. The molecule has 0 aliphatic rings. The van der Waals surface area contributed by atoms with E-state index in [9.17, 15) is 5.11 Å². The maximum absolute atomic E-state index is 9.67. The zero-order chi connectivity index (χ0) is 17.4. The zero-order valence-corrected chi connectivity index (χ0v) is 5.93. The summed E-state index contributed by atoms with van der Waals surface area (Å²) in [6.07, 6.45) is -2.92. The normalized spacial score (nSPS) is 22.4. The second-order valence-electron chi connectivity index (χ2n) is 1.80. The van der Waals surface area contributed by atoms with E-state index in [1.54, 1.807) is 0 Å². The Hall–Kier alpha value is -1.44. The first-order valence-corrected chi connectivity index (χ1v) is 2.91. The van der Waals surface area contributed by atoms with Crippen molar-refractivity contribution in [3.63, 3.8) is 0 Å². The molecule has 1 rings (SSSR count). The van der Waals surface area contributed by atoms with Crippen LogP contribution in [0.5, 0.6) is 11.5 Å². The number of methoxy groups -OCH3 is 1. The Morgan fingerprint density at radius 1 is 2.08 bits per heavy atom. The lowest BCUT2D eigenvalue weighted by Crippen LogP contribution is -1.86. The molecule has 0 atom stereocenters. The minimum atomic E-state index is -2.92. The summed E-state index contributed by atoms with van der Waals surface area (Å²) in [7, 11) is -1.97. The standard InChI is InChI=1S/C10H12O2/c1-3-4-8-5-6-9(11)10(7-8)12-2/h3,5-7,11H,1,4H2,2H3/i1D2,2D2,3D,4D2,5D,6D,7D. The minimum Gasteiger partial charge on any atom is -0.504 e. The zero-order valence-electron chi connectivity index (χ0n) is 15.9. The number of hydrogen-bond acceptors (Lipinski definition) is 2. The van der Waals surface area contributed by atoms with Gasteiger partial charge in [-0.25, -0.2) is 0 Å². The van der Waals surface area contributed by atoms with Crippen molar-refractivity contribution >= 4 is 0 Å². The van der Waals surface area contributed by atoms with Crippen LogP contribution in [0.3, 0.4) is 0 Å². The SMILES string of the molecule is [2H]C([2H])=C([2H])C([2H])([2H])c1c([2H])c([2H])c(O)c(OC([2H])[2H])c1[2H]. The molecular weight excluding hydrogens is 152 g/mol. The second kappa shape index (κ2) is 3.81. The maximum atomic E-state index is 9.67. The topological polar surface area (TPSA) is 29.5 Å². The van der Waals surface area contributed by atoms with E-state index < -0.39 is 61.2 Å². The molecule has 0 amide bonds. The van der Waals surface area contributed by atoms with Crippen molar-refractivity contribution in [1.29, 1.82) is 0 Å². The molecule has 0 aliphatic heterocycles. The summed E-state index contributed by atoms with van der Waals surface area (Å²) in [5.41, 5.74) is -0.854. The third-order valence-electron chi connectivity index (χ3n) is 1.06. The van der Waals surface area contributed by atoms with Gasteiger partial charge in [-0.1, -0.05) is 12.1 Å². The van der Waals surface area contributed by atoms with Crippen molar-refractivity contribution in [3.05, 3.63) is 36.3 Å². The van der Waals surface area contributed by atoms with Crippen LogP contribution in [0.15, 0.2) is 30.7 Å². The lowest BCUT2D eigenvalue weighted by Gasteiger charge is -2.04. The van der Waals surface area contributed by atoms with Crippen LogP contribution in [0.2, 0.25) is 0 Å². The predicted octanol–water partition coefficient (Wildman–Crippen LogP) is 2.13. The molecule has 1 N–H and O–H groups in total. The Labute approximate surface area is 86.2 Å². The van der Waals surface area contributed by atoms with Gasteiger partial charge in [0.25, 0.3) is 0 Å². The van der Waals surface area contributed by atoms with Gasteiger partial charge in [0.1, 0.15) is 0 Å². The molecule has 0 aliphatic carbocycles. The first-order chi connectivity index (χ1) is 9.92. The molecule has 2 heteroatoms. The van der Waals surface area contributed by atoms with Crippen molar-refractivity contribution in [1.82, 2.24) is 0 Å². The summed E-state index contributed by atoms with van der Waals surface area (Å²) in [4.78, 5) is 0. The minimum absolute atomic E-state index is 0.834. The van der Waals surface area contributed by atoms with E-state index in [4.69, 9.17) is 13.7 Å². The number of aromatic hydroxyl groups is 1. The molecule has 0 saturated heterocycles. The van der Waals surface area contributed by atoms with Crippen molar-refractivity contribution in [2.75, 3.05) is 7.06 Å². The van der Waals surface area contributed by atoms with E-state index in [0.717, 1.165) is 0 Å². The molecule has 12 heavy (non-hydrogen) atoms. The van der Waals surface area contributed by atoms with Crippen LogP contribution in [-0.4, -0.2) is 12.2 Å². The van der Waals surface area contributed by atoms with Crippen molar-refractivity contribution in [2.45, 2.75) is 6.37 Å². The lowest BCUT2D eigenvalue weighted by atomic mass is 10.1. The van der Waals surface area contributed by atoms with Gasteiger partial charge in [0.15, 0.2) is 11.5 Å². The average Bonchev–Trinajstić information content (AvgIpc) is 2.39. The highest BCUT2D eigenvalue weighted by molar-refractivity contribution is 5.42. The van der Waals surface area contributed by atoms with Gasteiger partial charge in [-0.15, -0.1) is 6.53 Å². The highest BCUT2D eigenvalue weighted by atomic mass is 16.5. The summed E-state index contributed by atoms with van der Waals surface area (Å²) < 4.78 is 78.4. The maximum Gasteiger partial charge on any atom is 0.160 e. The highest BCUT2D eigenvalue weighted by Gasteiger charge is 2.00. The van der Waals surface area contributed by atoms with E-state index >= 15 is 0 Å². The summed E-state index contributed by atoms with van der Waals surface area (Å²) in [5, 5.41) is 9.67. The molecule has 0 saturated carbocycles. The number of phenolic OH excluding ortho intramolecular Hbond substituents is 1. The molecule has 1 aromatic carbocycles. The Kier molecular flexibility index (Phi) is 0.725. The van der Waals surface area contributed by atoms with E-state index in [0.29, 0.717) is 0 Å². The van der Waals surface area contributed by atoms with Gasteiger partial charge in [0.2, 0.25) is 0 Å². The second-order valence-corrected chi connectivity index (χ2v) is 1.80. The van der Waals surface area contributed by atoms with E-state index in [-0.39, 0.29) is 0 Å². The molecule has 0 spiro atoms. The Bertz CT molecular complexity index is 621. The lowest BCUT2D eigenvalue weighted by molar-refractivity contribution is 0.373. The van der Waals surface area contributed by atoms with Crippen LogP contribution >= 0.6 is 0 Å². The first-order valence-electron chi connectivity index (χ1n) is 8.07. The van der Waals surface area contributed by atoms with Crippen LogP contribution in [0, 0.1) is 0 Å². The van der Waals surface area contributed by atoms with E-state index in [2.05, 4.69) is 4.74 Å². The van der Waals surface area contributed by atoms with Crippen molar-refractivity contribution < 1.29 is 23.6 Å². The molecule has 0 fully saturated rings. The number of benzene rings is 1. The van der Waals surface area contributed by atoms with Crippen LogP contribution in [0.25, 0.3) is 0 Å². The molecule has 2 nitrogen and oxygen atoms in total. The molecule has 1 aromatic rings. The third-order valence-corrected chi connectivity index (χ3v) is 1.06. The van der Waals surface area contributed by atoms with Gasteiger partial charge >= 0.3 is 0 Å². The summed E-state index contributed by atoms with van der Waals surface area (Å²) in [5.74, 6) is -1.83. The average molecular weight is 174 g/mol. The van der Waals surface area contributed by atoms with Gasteiger partial charge in [-0.3, -0.25) is 0 Å². The summed E-state index contributed by atoms with van der Waals surface area (Å²) >= 11 is 0. The molecule has 0 unspecified atom stereocenters. The quantitative estimate of drug-likeness (QED) is 0.711. The Morgan fingerprint density at radius 2 is 3.00 bits per heavy atom. The number of rotatable bonds is 3. The summed E-state index contributed by atoms with van der Waals surface area (Å²) in [6, 6.07) is -3.87. The highest BCUT2D eigenvalue weighted by Crippen LogP contribution is 2.26.